The molecule has 0 aliphatic heterocycles. The van der Waals surface area contributed by atoms with Crippen molar-refractivity contribution in [3.8, 4) is 0 Å². The number of aliphatic carboxylic acids is 1. The van der Waals surface area contributed by atoms with Crippen LogP contribution in [0.5, 0.6) is 0 Å². The highest BCUT2D eigenvalue weighted by Crippen LogP contribution is 2.60. The molecule has 0 aromatic heterocycles. The average molecular weight is 298 g/mol. The van der Waals surface area contributed by atoms with Gasteiger partial charge >= 0.3 is 5.97 Å². The average Bonchev–Trinajstić information content (AvgIpc) is 2.88. The molecule has 2 fully saturated rings. The van der Waals surface area contributed by atoms with Crippen LogP contribution in [-0.4, -0.2) is 11.1 Å². The fraction of sp³-hybridized carbons (Fsp3) is 0.650. The molecule has 2 saturated carbocycles. The van der Waals surface area contributed by atoms with Gasteiger partial charge in [-0.15, -0.1) is 0 Å². The molecule has 1 aromatic carbocycles. The maximum Gasteiger partial charge on any atom is 0.307 e. The molecular weight excluding hydrogens is 272 g/mol. The Morgan fingerprint density at radius 3 is 2.95 bits per heavy atom. The summed E-state index contributed by atoms with van der Waals surface area (Å²) in [5, 5.41) is 8.99. The number of benzene rings is 1. The Morgan fingerprint density at radius 1 is 1.27 bits per heavy atom. The van der Waals surface area contributed by atoms with Crippen molar-refractivity contribution in [2.75, 3.05) is 0 Å². The molecule has 0 bridgehead atoms. The van der Waals surface area contributed by atoms with Gasteiger partial charge in [0.15, 0.2) is 0 Å². The molecule has 0 spiro atoms. The van der Waals surface area contributed by atoms with Crippen molar-refractivity contribution in [2.24, 2.45) is 17.3 Å². The number of rotatable bonds is 2. The Labute approximate surface area is 132 Å². The number of carboxylic acid groups (broad SMARTS) is 1. The fourth-order valence-corrected chi connectivity index (χ4v) is 5.91. The van der Waals surface area contributed by atoms with Crippen LogP contribution in [0.4, 0.5) is 0 Å². The maximum absolute atomic E-state index is 10.9. The zero-order valence-corrected chi connectivity index (χ0v) is 13.5. The van der Waals surface area contributed by atoms with Gasteiger partial charge in [0.1, 0.15) is 0 Å². The van der Waals surface area contributed by atoms with Crippen molar-refractivity contribution >= 4 is 5.97 Å². The summed E-state index contributed by atoms with van der Waals surface area (Å²) >= 11 is 0. The van der Waals surface area contributed by atoms with Gasteiger partial charge in [0, 0.05) is 0 Å². The van der Waals surface area contributed by atoms with Gasteiger partial charge in [-0.2, -0.15) is 0 Å². The van der Waals surface area contributed by atoms with Crippen molar-refractivity contribution < 1.29 is 9.90 Å². The Hall–Kier alpha value is -1.31. The van der Waals surface area contributed by atoms with Crippen LogP contribution in [0.1, 0.15) is 68.1 Å². The summed E-state index contributed by atoms with van der Waals surface area (Å²) in [7, 11) is 0. The summed E-state index contributed by atoms with van der Waals surface area (Å²) in [5.41, 5.74) is 4.55. The third kappa shape index (κ3) is 2.19. The van der Waals surface area contributed by atoms with Crippen molar-refractivity contribution in [3.05, 3.63) is 34.9 Å². The van der Waals surface area contributed by atoms with Gasteiger partial charge in [-0.25, -0.2) is 0 Å². The monoisotopic (exact) mass is 298 g/mol. The second kappa shape index (κ2) is 5.11. The standard InChI is InChI=1S/C20H26O2/c1-20-9-2-3-18(20)17-7-5-14-11-13(12-19(21)22)4-6-15(14)16(17)8-10-20/h4,6,11,16-18H,2-3,5,7-10,12H2,1H3,(H,21,22)/t16-,17-,18+,20+/m1/s1. The molecule has 0 saturated heterocycles. The molecule has 1 N–H and O–H groups in total. The van der Waals surface area contributed by atoms with E-state index in [1.54, 1.807) is 5.56 Å². The van der Waals surface area contributed by atoms with E-state index < -0.39 is 5.97 Å². The van der Waals surface area contributed by atoms with Crippen LogP contribution in [0, 0.1) is 17.3 Å². The van der Waals surface area contributed by atoms with Gasteiger partial charge in [-0.05, 0) is 78.4 Å². The van der Waals surface area contributed by atoms with Gasteiger partial charge in [0.25, 0.3) is 0 Å². The molecule has 4 rings (SSSR count). The molecule has 0 heterocycles. The lowest BCUT2D eigenvalue weighted by Crippen LogP contribution is -2.39. The smallest absolute Gasteiger partial charge is 0.307 e. The molecule has 2 heteroatoms. The second-order valence-corrected chi connectivity index (χ2v) is 8.10. The first-order chi connectivity index (χ1) is 10.6. The van der Waals surface area contributed by atoms with Gasteiger partial charge in [-0.1, -0.05) is 31.5 Å². The third-order valence-electron chi connectivity index (χ3n) is 6.93. The SMILES string of the molecule is C[C@@]12CCC[C@H]1[C@@H]1CCc3cc(CC(=O)O)ccc3[C@H]1CC2. The van der Waals surface area contributed by atoms with E-state index in [1.807, 2.05) is 0 Å². The lowest BCUT2D eigenvalue weighted by atomic mass is 9.56. The minimum Gasteiger partial charge on any atom is -0.481 e. The molecule has 4 atom stereocenters. The molecule has 0 amide bonds. The van der Waals surface area contributed by atoms with Crippen LogP contribution < -0.4 is 0 Å². The Morgan fingerprint density at radius 2 is 2.14 bits per heavy atom. The van der Waals surface area contributed by atoms with Crippen LogP contribution in [0.25, 0.3) is 0 Å². The predicted molar refractivity (Wildman–Crippen MR) is 87.0 cm³/mol. The van der Waals surface area contributed by atoms with E-state index in [4.69, 9.17) is 5.11 Å². The normalized spacial score (nSPS) is 36.3. The zero-order chi connectivity index (χ0) is 15.3. The van der Waals surface area contributed by atoms with Crippen LogP contribution in [0.15, 0.2) is 18.2 Å². The number of hydrogen-bond donors (Lipinski definition) is 1. The highest BCUT2D eigenvalue weighted by Gasteiger charge is 2.50. The van der Waals surface area contributed by atoms with E-state index in [9.17, 15) is 4.79 Å². The number of carboxylic acids is 1. The van der Waals surface area contributed by atoms with Crippen molar-refractivity contribution in [3.63, 3.8) is 0 Å². The first kappa shape index (κ1) is 14.3. The molecule has 0 unspecified atom stereocenters. The molecule has 0 radical (unpaired) electrons. The number of fused-ring (bicyclic) bond motifs is 5. The fourth-order valence-electron chi connectivity index (χ4n) is 5.91. The first-order valence-electron chi connectivity index (χ1n) is 8.90. The Bertz CT molecular complexity index is 606. The third-order valence-corrected chi connectivity index (χ3v) is 6.93. The molecule has 2 nitrogen and oxygen atoms in total. The molecular formula is C20H26O2. The van der Waals surface area contributed by atoms with Crippen molar-refractivity contribution in [1.29, 1.82) is 0 Å². The topological polar surface area (TPSA) is 37.3 Å². The van der Waals surface area contributed by atoms with E-state index in [1.165, 1.54) is 44.1 Å². The van der Waals surface area contributed by atoms with Crippen molar-refractivity contribution in [2.45, 2.75) is 64.2 Å². The van der Waals surface area contributed by atoms with E-state index in [0.29, 0.717) is 5.41 Å². The van der Waals surface area contributed by atoms with Crippen LogP contribution >= 0.6 is 0 Å². The molecule has 118 valence electrons. The molecule has 3 aliphatic carbocycles. The summed E-state index contributed by atoms with van der Waals surface area (Å²) in [6, 6.07) is 6.47. The lowest BCUT2D eigenvalue weighted by Gasteiger charge is -2.49. The first-order valence-corrected chi connectivity index (χ1v) is 8.90. The highest BCUT2D eigenvalue weighted by molar-refractivity contribution is 5.70. The highest BCUT2D eigenvalue weighted by atomic mass is 16.4. The van der Waals surface area contributed by atoms with E-state index in [2.05, 4.69) is 25.1 Å². The number of aryl methyl sites for hydroxylation is 1. The second-order valence-electron chi connectivity index (χ2n) is 8.10. The lowest BCUT2D eigenvalue weighted by molar-refractivity contribution is -0.136. The Balaban J connectivity index is 1.64. The van der Waals surface area contributed by atoms with Gasteiger partial charge in [-0.3, -0.25) is 4.79 Å². The van der Waals surface area contributed by atoms with Crippen LogP contribution in [-0.2, 0) is 17.6 Å². The summed E-state index contributed by atoms with van der Waals surface area (Å²) in [5.74, 6) is 1.81. The summed E-state index contributed by atoms with van der Waals surface area (Å²) in [6.07, 6.45) is 9.63. The summed E-state index contributed by atoms with van der Waals surface area (Å²) in [4.78, 5) is 10.9. The molecule has 22 heavy (non-hydrogen) atoms. The van der Waals surface area contributed by atoms with E-state index >= 15 is 0 Å². The van der Waals surface area contributed by atoms with Gasteiger partial charge in [0.2, 0.25) is 0 Å². The minimum atomic E-state index is -0.729. The summed E-state index contributed by atoms with van der Waals surface area (Å²) in [6.45, 7) is 2.53. The summed E-state index contributed by atoms with van der Waals surface area (Å²) < 4.78 is 0. The zero-order valence-electron chi connectivity index (χ0n) is 13.5. The number of hydrogen-bond acceptors (Lipinski definition) is 1. The van der Waals surface area contributed by atoms with Gasteiger partial charge < -0.3 is 5.11 Å². The Kier molecular flexibility index (Phi) is 3.32. The predicted octanol–water partition coefficient (Wildman–Crippen LogP) is 4.56. The van der Waals surface area contributed by atoms with Crippen LogP contribution in [0.2, 0.25) is 0 Å². The van der Waals surface area contributed by atoms with E-state index in [0.717, 1.165) is 29.7 Å². The minimum absolute atomic E-state index is 0.155. The molecule has 3 aliphatic rings. The van der Waals surface area contributed by atoms with Crippen molar-refractivity contribution in [1.82, 2.24) is 0 Å². The van der Waals surface area contributed by atoms with Crippen LogP contribution in [0.3, 0.4) is 0 Å². The molecule has 1 aromatic rings. The maximum atomic E-state index is 10.9. The van der Waals surface area contributed by atoms with E-state index in [-0.39, 0.29) is 6.42 Å². The number of carbonyl (C=O) groups is 1. The largest absolute Gasteiger partial charge is 0.481 e. The van der Waals surface area contributed by atoms with Gasteiger partial charge in [0.05, 0.1) is 6.42 Å². The quantitative estimate of drug-likeness (QED) is 0.869.